The van der Waals surface area contributed by atoms with Crippen LogP contribution in [0.25, 0.3) is 10.8 Å². The van der Waals surface area contributed by atoms with Crippen molar-refractivity contribution in [3.05, 3.63) is 42.0 Å². The molecule has 2 rings (SSSR count). The highest BCUT2D eigenvalue weighted by Gasteiger charge is 2.10. The molecule has 0 fully saturated rings. The van der Waals surface area contributed by atoms with Crippen LogP contribution >= 0.6 is 0 Å². The molecule has 0 aromatic heterocycles. The smallest absolute Gasteiger partial charge is 0.306 e. The summed E-state index contributed by atoms with van der Waals surface area (Å²) < 4.78 is 0. The van der Waals surface area contributed by atoms with E-state index >= 15 is 0 Å². The van der Waals surface area contributed by atoms with Gasteiger partial charge in [0.1, 0.15) is 0 Å². The van der Waals surface area contributed by atoms with E-state index in [9.17, 15) is 4.79 Å². The van der Waals surface area contributed by atoms with Crippen molar-refractivity contribution in [1.82, 2.24) is 0 Å². The van der Waals surface area contributed by atoms with Crippen LogP contribution in [0.1, 0.15) is 25.3 Å². The van der Waals surface area contributed by atoms with Crippen molar-refractivity contribution < 1.29 is 9.90 Å². The highest BCUT2D eigenvalue weighted by molar-refractivity contribution is 5.97. The predicted molar refractivity (Wildman–Crippen MR) is 83.2 cm³/mol. The molecular formula is C17H18N2O2. The number of rotatable bonds is 6. The minimum atomic E-state index is -0.751. The van der Waals surface area contributed by atoms with E-state index in [0.29, 0.717) is 18.5 Å². The second kappa shape index (κ2) is 6.76. The number of benzene rings is 2. The van der Waals surface area contributed by atoms with Gasteiger partial charge in [0.05, 0.1) is 17.6 Å². The van der Waals surface area contributed by atoms with Crippen LogP contribution in [0.5, 0.6) is 0 Å². The number of anilines is 1. The second-order valence-electron chi connectivity index (χ2n) is 5.13. The lowest BCUT2D eigenvalue weighted by atomic mass is 10.0. The summed E-state index contributed by atoms with van der Waals surface area (Å²) in [5.41, 5.74) is 1.64. The average Bonchev–Trinajstić information content (AvgIpc) is 2.51. The molecule has 1 atom stereocenters. The van der Waals surface area contributed by atoms with Crippen LogP contribution in [0.15, 0.2) is 36.4 Å². The van der Waals surface area contributed by atoms with Gasteiger partial charge in [0.25, 0.3) is 0 Å². The summed E-state index contributed by atoms with van der Waals surface area (Å²) in [5.74, 6) is -1.07. The molecule has 0 aliphatic carbocycles. The van der Waals surface area contributed by atoms with Crippen molar-refractivity contribution in [3.8, 4) is 6.07 Å². The molecule has 0 saturated heterocycles. The van der Waals surface area contributed by atoms with Gasteiger partial charge in [-0.1, -0.05) is 31.2 Å². The Balaban J connectivity index is 2.07. The first-order valence-electron chi connectivity index (χ1n) is 7.02. The summed E-state index contributed by atoms with van der Waals surface area (Å²) in [5, 5.41) is 23.3. The summed E-state index contributed by atoms with van der Waals surface area (Å²) >= 11 is 0. The van der Waals surface area contributed by atoms with Crippen LogP contribution in [-0.4, -0.2) is 17.6 Å². The Morgan fingerprint density at radius 2 is 2.00 bits per heavy atom. The van der Waals surface area contributed by atoms with Crippen LogP contribution in [0, 0.1) is 17.2 Å². The van der Waals surface area contributed by atoms with E-state index in [1.54, 1.807) is 6.92 Å². The lowest BCUT2D eigenvalue weighted by Crippen LogP contribution is -2.11. The fourth-order valence-corrected chi connectivity index (χ4v) is 2.31. The van der Waals surface area contributed by atoms with Crippen molar-refractivity contribution in [1.29, 1.82) is 5.26 Å². The standard InChI is InChI=1S/C17H18N2O2/c1-12(17(20)21)5-4-10-19-16-9-8-13(11-18)14-6-2-3-7-15(14)16/h2-3,6-9,12,19H,4-5,10H2,1H3,(H,20,21). The maximum atomic E-state index is 10.8. The van der Waals surface area contributed by atoms with E-state index in [0.717, 1.165) is 22.9 Å². The molecule has 0 aliphatic heterocycles. The normalized spacial score (nSPS) is 11.8. The SMILES string of the molecule is CC(CCCNc1ccc(C#N)c2ccccc12)C(=O)O. The summed E-state index contributed by atoms with van der Waals surface area (Å²) in [6.07, 6.45) is 1.44. The second-order valence-corrected chi connectivity index (χ2v) is 5.13. The van der Waals surface area contributed by atoms with Crippen molar-refractivity contribution in [2.45, 2.75) is 19.8 Å². The fourth-order valence-electron chi connectivity index (χ4n) is 2.31. The number of fused-ring (bicyclic) bond motifs is 1. The first-order valence-corrected chi connectivity index (χ1v) is 7.02. The number of nitriles is 1. The number of carboxylic acid groups (broad SMARTS) is 1. The Kier molecular flexibility index (Phi) is 4.78. The third kappa shape index (κ3) is 3.51. The summed E-state index contributed by atoms with van der Waals surface area (Å²) in [4.78, 5) is 10.8. The molecular weight excluding hydrogens is 264 g/mol. The van der Waals surface area contributed by atoms with Gasteiger partial charge in [-0.3, -0.25) is 4.79 Å². The number of carbonyl (C=O) groups is 1. The van der Waals surface area contributed by atoms with E-state index in [4.69, 9.17) is 10.4 Å². The highest BCUT2D eigenvalue weighted by Crippen LogP contribution is 2.26. The lowest BCUT2D eigenvalue weighted by molar-refractivity contribution is -0.141. The average molecular weight is 282 g/mol. The molecule has 0 spiro atoms. The monoisotopic (exact) mass is 282 g/mol. The summed E-state index contributed by atoms with van der Waals surface area (Å²) in [6, 6.07) is 13.7. The van der Waals surface area contributed by atoms with Crippen molar-refractivity contribution in [3.63, 3.8) is 0 Å². The van der Waals surface area contributed by atoms with Gasteiger partial charge in [-0.15, -0.1) is 0 Å². The largest absolute Gasteiger partial charge is 0.481 e. The molecule has 0 aliphatic rings. The van der Waals surface area contributed by atoms with Crippen molar-refractivity contribution in [2.24, 2.45) is 5.92 Å². The lowest BCUT2D eigenvalue weighted by Gasteiger charge is -2.11. The molecule has 0 saturated carbocycles. The van der Waals surface area contributed by atoms with Crippen molar-refractivity contribution >= 4 is 22.4 Å². The molecule has 0 bridgehead atoms. The van der Waals surface area contributed by atoms with E-state index < -0.39 is 5.97 Å². The van der Waals surface area contributed by atoms with Crippen LogP contribution in [0.3, 0.4) is 0 Å². The predicted octanol–water partition coefficient (Wildman–Crippen LogP) is 3.62. The van der Waals surface area contributed by atoms with Gasteiger partial charge in [0.2, 0.25) is 0 Å². The van der Waals surface area contributed by atoms with E-state index in [-0.39, 0.29) is 5.92 Å². The van der Waals surface area contributed by atoms with Gasteiger partial charge >= 0.3 is 5.97 Å². The molecule has 2 aromatic carbocycles. The summed E-state index contributed by atoms with van der Waals surface area (Å²) in [6.45, 7) is 2.44. The minimum absolute atomic E-state index is 0.315. The Bertz CT molecular complexity index is 689. The van der Waals surface area contributed by atoms with Gasteiger partial charge < -0.3 is 10.4 Å². The molecule has 1 unspecified atom stereocenters. The quantitative estimate of drug-likeness (QED) is 0.794. The molecule has 4 nitrogen and oxygen atoms in total. The number of hydrogen-bond donors (Lipinski definition) is 2. The molecule has 108 valence electrons. The van der Waals surface area contributed by atoms with Gasteiger partial charge in [-0.05, 0) is 25.0 Å². The minimum Gasteiger partial charge on any atom is -0.481 e. The number of aliphatic carboxylic acids is 1. The number of nitrogens with one attached hydrogen (secondary N) is 1. The molecule has 0 heterocycles. The van der Waals surface area contributed by atoms with E-state index in [1.165, 1.54) is 0 Å². The van der Waals surface area contributed by atoms with Crippen LogP contribution in [0.2, 0.25) is 0 Å². The Morgan fingerprint density at radius 3 is 2.67 bits per heavy atom. The highest BCUT2D eigenvalue weighted by atomic mass is 16.4. The van der Waals surface area contributed by atoms with Gasteiger partial charge in [-0.25, -0.2) is 0 Å². The van der Waals surface area contributed by atoms with Gasteiger partial charge in [0.15, 0.2) is 0 Å². The Labute approximate surface area is 124 Å². The fraction of sp³-hybridized carbons (Fsp3) is 0.294. The zero-order valence-corrected chi connectivity index (χ0v) is 12.0. The van der Waals surface area contributed by atoms with Crippen LogP contribution in [-0.2, 0) is 4.79 Å². The maximum Gasteiger partial charge on any atom is 0.306 e. The maximum absolute atomic E-state index is 10.8. The number of hydrogen-bond acceptors (Lipinski definition) is 3. The molecule has 21 heavy (non-hydrogen) atoms. The molecule has 4 heteroatoms. The van der Waals surface area contributed by atoms with Crippen LogP contribution in [0.4, 0.5) is 5.69 Å². The van der Waals surface area contributed by atoms with E-state index in [2.05, 4.69) is 11.4 Å². The Hall–Kier alpha value is -2.54. The molecule has 0 radical (unpaired) electrons. The van der Waals surface area contributed by atoms with Gasteiger partial charge in [0, 0.05) is 23.0 Å². The molecule has 0 amide bonds. The van der Waals surface area contributed by atoms with Crippen LogP contribution < -0.4 is 5.32 Å². The van der Waals surface area contributed by atoms with Crippen molar-refractivity contribution in [2.75, 3.05) is 11.9 Å². The number of nitrogens with zero attached hydrogens (tertiary/aromatic N) is 1. The Morgan fingerprint density at radius 1 is 1.29 bits per heavy atom. The molecule has 2 aromatic rings. The van der Waals surface area contributed by atoms with E-state index in [1.807, 2.05) is 36.4 Å². The number of carboxylic acids is 1. The first kappa shape index (κ1) is 14.9. The third-order valence-electron chi connectivity index (χ3n) is 3.60. The first-order chi connectivity index (χ1) is 10.1. The third-order valence-corrected chi connectivity index (χ3v) is 3.60. The topological polar surface area (TPSA) is 73.1 Å². The zero-order valence-electron chi connectivity index (χ0n) is 12.0. The zero-order chi connectivity index (χ0) is 15.2. The molecule has 2 N–H and O–H groups in total. The van der Waals surface area contributed by atoms with Gasteiger partial charge in [-0.2, -0.15) is 5.26 Å². The summed E-state index contributed by atoms with van der Waals surface area (Å²) in [7, 11) is 0.